The zero-order valence-electron chi connectivity index (χ0n) is 14.2. The number of anilines is 1. The van der Waals surface area contributed by atoms with Crippen LogP contribution in [0.5, 0.6) is 0 Å². The Bertz CT molecular complexity index is 768. The molecule has 2 unspecified atom stereocenters. The summed E-state index contributed by atoms with van der Waals surface area (Å²) in [7, 11) is 0. The standard InChI is InChI=1S/C19H23N3O2/c1-12-6-7-15(9-17(12)18-20-10-13(2)24-18)21-19(23)22-11-14-4-3-5-16(22)8-14/h6-7,9-10,14,16H,3-5,8,11H2,1-2H3,(H,21,23). The summed E-state index contributed by atoms with van der Waals surface area (Å²) in [5, 5.41) is 3.06. The van der Waals surface area contributed by atoms with Crippen molar-refractivity contribution in [2.75, 3.05) is 11.9 Å². The minimum atomic E-state index is 0.0165. The van der Waals surface area contributed by atoms with Crippen LogP contribution in [0.4, 0.5) is 10.5 Å². The number of amides is 2. The van der Waals surface area contributed by atoms with Crippen molar-refractivity contribution in [1.82, 2.24) is 9.88 Å². The van der Waals surface area contributed by atoms with Crippen LogP contribution in [-0.2, 0) is 0 Å². The minimum Gasteiger partial charge on any atom is -0.441 e. The third-order valence-corrected chi connectivity index (χ3v) is 5.25. The lowest BCUT2D eigenvalue weighted by Crippen LogP contribution is -2.38. The third-order valence-electron chi connectivity index (χ3n) is 5.25. The summed E-state index contributed by atoms with van der Waals surface area (Å²) >= 11 is 0. The van der Waals surface area contributed by atoms with Crippen LogP contribution in [0, 0.1) is 19.8 Å². The first-order valence-corrected chi connectivity index (χ1v) is 8.71. The Morgan fingerprint density at radius 3 is 2.96 bits per heavy atom. The van der Waals surface area contributed by atoms with Crippen LogP contribution >= 0.6 is 0 Å². The van der Waals surface area contributed by atoms with E-state index in [1.807, 2.05) is 36.9 Å². The summed E-state index contributed by atoms with van der Waals surface area (Å²) in [4.78, 5) is 19.0. The van der Waals surface area contributed by atoms with Gasteiger partial charge in [0, 0.05) is 23.8 Å². The van der Waals surface area contributed by atoms with Gasteiger partial charge in [0.15, 0.2) is 0 Å². The predicted molar refractivity (Wildman–Crippen MR) is 92.9 cm³/mol. The molecule has 1 aliphatic carbocycles. The number of benzene rings is 1. The van der Waals surface area contributed by atoms with Crippen LogP contribution in [0.15, 0.2) is 28.8 Å². The summed E-state index contributed by atoms with van der Waals surface area (Å²) < 4.78 is 5.63. The van der Waals surface area contributed by atoms with Gasteiger partial charge in [0.25, 0.3) is 0 Å². The fraction of sp³-hybridized carbons (Fsp3) is 0.474. The molecule has 24 heavy (non-hydrogen) atoms. The lowest BCUT2D eigenvalue weighted by molar-refractivity contribution is 0.204. The van der Waals surface area contributed by atoms with Crippen molar-refractivity contribution in [3.8, 4) is 11.5 Å². The van der Waals surface area contributed by atoms with E-state index in [-0.39, 0.29) is 6.03 Å². The highest BCUT2D eigenvalue weighted by Crippen LogP contribution is 2.35. The Kier molecular flexibility index (Phi) is 3.79. The van der Waals surface area contributed by atoms with Gasteiger partial charge < -0.3 is 14.6 Å². The number of aryl methyl sites for hydroxylation is 2. The van der Waals surface area contributed by atoms with Gasteiger partial charge in [-0.3, -0.25) is 0 Å². The normalized spacial score (nSPS) is 22.7. The second kappa shape index (κ2) is 5.96. The number of fused-ring (bicyclic) bond motifs is 2. The number of nitrogens with one attached hydrogen (secondary N) is 1. The van der Waals surface area contributed by atoms with Gasteiger partial charge in [0.2, 0.25) is 5.89 Å². The van der Waals surface area contributed by atoms with Gasteiger partial charge in [-0.25, -0.2) is 9.78 Å². The topological polar surface area (TPSA) is 58.4 Å². The van der Waals surface area contributed by atoms with E-state index in [1.165, 1.54) is 19.3 Å². The molecule has 2 amide bonds. The van der Waals surface area contributed by atoms with Gasteiger partial charge >= 0.3 is 6.03 Å². The maximum Gasteiger partial charge on any atom is 0.322 e. The van der Waals surface area contributed by atoms with Crippen molar-refractivity contribution in [3.05, 3.63) is 35.7 Å². The summed E-state index contributed by atoms with van der Waals surface area (Å²) in [6.07, 6.45) is 6.53. The van der Waals surface area contributed by atoms with Crippen LogP contribution in [0.2, 0.25) is 0 Å². The average molecular weight is 325 g/mol. The number of oxazole rings is 1. The third kappa shape index (κ3) is 2.79. The number of carbonyl (C=O) groups excluding carboxylic acids is 1. The zero-order valence-corrected chi connectivity index (χ0v) is 14.2. The molecular formula is C19H23N3O2. The fourth-order valence-corrected chi connectivity index (χ4v) is 3.99. The van der Waals surface area contributed by atoms with Crippen molar-refractivity contribution in [2.24, 2.45) is 5.92 Å². The molecule has 5 heteroatoms. The monoisotopic (exact) mass is 325 g/mol. The summed E-state index contributed by atoms with van der Waals surface area (Å²) in [5.74, 6) is 2.07. The SMILES string of the molecule is Cc1cnc(-c2cc(NC(=O)N3CC4CCCC3C4)ccc2C)o1. The van der Waals surface area contributed by atoms with Crippen molar-refractivity contribution >= 4 is 11.7 Å². The number of hydrogen-bond acceptors (Lipinski definition) is 3. The number of rotatable bonds is 2. The van der Waals surface area contributed by atoms with Crippen LogP contribution in [-0.4, -0.2) is 28.5 Å². The molecule has 0 radical (unpaired) electrons. The van der Waals surface area contributed by atoms with Gasteiger partial charge in [-0.1, -0.05) is 12.5 Å². The highest BCUT2D eigenvalue weighted by atomic mass is 16.4. The summed E-state index contributed by atoms with van der Waals surface area (Å²) in [6, 6.07) is 6.31. The van der Waals surface area contributed by atoms with Crippen molar-refractivity contribution in [2.45, 2.75) is 45.6 Å². The van der Waals surface area contributed by atoms with E-state index in [1.54, 1.807) is 6.20 Å². The molecule has 1 N–H and O–H groups in total. The Balaban J connectivity index is 1.53. The smallest absolute Gasteiger partial charge is 0.322 e. The molecule has 2 fully saturated rings. The quantitative estimate of drug-likeness (QED) is 0.892. The molecule has 1 saturated heterocycles. The predicted octanol–water partition coefficient (Wildman–Crippen LogP) is 4.36. The first kappa shape index (κ1) is 15.2. The average Bonchev–Trinajstić information content (AvgIpc) is 3.12. The van der Waals surface area contributed by atoms with Crippen molar-refractivity contribution < 1.29 is 9.21 Å². The Hall–Kier alpha value is -2.30. The highest BCUT2D eigenvalue weighted by molar-refractivity contribution is 5.90. The van der Waals surface area contributed by atoms with Gasteiger partial charge in [-0.05, 0) is 56.7 Å². The maximum atomic E-state index is 12.7. The molecule has 126 valence electrons. The molecule has 2 aliphatic rings. The number of likely N-dealkylation sites (tertiary alicyclic amines) is 1. The number of urea groups is 1. The second-order valence-electron chi connectivity index (χ2n) is 7.07. The van der Waals surface area contributed by atoms with Gasteiger partial charge in [0.05, 0.1) is 6.20 Å². The molecular weight excluding hydrogens is 302 g/mol. The number of aromatic nitrogens is 1. The van der Waals surface area contributed by atoms with Crippen LogP contribution in [0.1, 0.15) is 37.0 Å². The lowest BCUT2D eigenvalue weighted by Gasteiger charge is -2.25. The number of hydrogen-bond donors (Lipinski definition) is 1. The Morgan fingerprint density at radius 1 is 1.33 bits per heavy atom. The number of carbonyl (C=O) groups is 1. The Labute approximate surface area is 142 Å². The van der Waals surface area contributed by atoms with E-state index in [0.717, 1.165) is 35.5 Å². The highest BCUT2D eigenvalue weighted by Gasteiger charge is 2.37. The maximum absolute atomic E-state index is 12.7. The molecule has 5 nitrogen and oxygen atoms in total. The van der Waals surface area contributed by atoms with Gasteiger partial charge in [-0.15, -0.1) is 0 Å². The molecule has 1 saturated carbocycles. The molecule has 1 aromatic heterocycles. The first-order chi connectivity index (χ1) is 11.6. The molecule has 4 rings (SSSR count). The van der Waals surface area contributed by atoms with E-state index in [2.05, 4.69) is 10.3 Å². The molecule has 1 aliphatic heterocycles. The minimum absolute atomic E-state index is 0.0165. The summed E-state index contributed by atoms with van der Waals surface area (Å²) in [6.45, 7) is 4.79. The zero-order chi connectivity index (χ0) is 16.7. The summed E-state index contributed by atoms with van der Waals surface area (Å²) in [5.41, 5.74) is 2.78. The van der Waals surface area contributed by atoms with Gasteiger partial charge in [0.1, 0.15) is 5.76 Å². The van der Waals surface area contributed by atoms with E-state index >= 15 is 0 Å². The van der Waals surface area contributed by atoms with Gasteiger partial charge in [-0.2, -0.15) is 0 Å². The van der Waals surface area contributed by atoms with E-state index in [0.29, 0.717) is 17.9 Å². The fourth-order valence-electron chi connectivity index (χ4n) is 3.99. The Morgan fingerprint density at radius 2 is 2.21 bits per heavy atom. The molecule has 2 heterocycles. The lowest BCUT2D eigenvalue weighted by atomic mass is 9.91. The van der Waals surface area contributed by atoms with Crippen molar-refractivity contribution in [3.63, 3.8) is 0 Å². The number of nitrogens with zero attached hydrogens (tertiary/aromatic N) is 2. The largest absolute Gasteiger partial charge is 0.441 e. The first-order valence-electron chi connectivity index (χ1n) is 8.71. The van der Waals surface area contributed by atoms with Crippen LogP contribution in [0.3, 0.4) is 0 Å². The molecule has 0 spiro atoms. The molecule has 1 aromatic carbocycles. The molecule has 2 bridgehead atoms. The van der Waals surface area contributed by atoms with Crippen LogP contribution in [0.25, 0.3) is 11.5 Å². The second-order valence-corrected chi connectivity index (χ2v) is 7.07. The van der Waals surface area contributed by atoms with Crippen molar-refractivity contribution in [1.29, 1.82) is 0 Å². The molecule has 2 aromatic rings. The van der Waals surface area contributed by atoms with E-state index in [4.69, 9.17) is 4.42 Å². The van der Waals surface area contributed by atoms with E-state index < -0.39 is 0 Å². The van der Waals surface area contributed by atoms with Crippen LogP contribution < -0.4 is 5.32 Å². The van der Waals surface area contributed by atoms with E-state index in [9.17, 15) is 4.79 Å². The molecule has 2 atom stereocenters.